The van der Waals surface area contributed by atoms with Crippen LogP contribution in [-0.4, -0.2) is 46.3 Å². The number of pyridine rings is 1. The molecule has 0 bridgehead atoms. The van der Waals surface area contributed by atoms with E-state index in [0.29, 0.717) is 12.2 Å². The second kappa shape index (κ2) is 6.88. The molecule has 0 spiro atoms. The highest BCUT2D eigenvalue weighted by molar-refractivity contribution is 5.76. The van der Waals surface area contributed by atoms with E-state index >= 15 is 0 Å². The van der Waals surface area contributed by atoms with Gasteiger partial charge in [0.15, 0.2) is 11.5 Å². The summed E-state index contributed by atoms with van der Waals surface area (Å²) in [6.45, 7) is 1.54. The molecular weight excluding hydrogens is 358 g/mol. The van der Waals surface area contributed by atoms with Crippen molar-refractivity contribution in [2.24, 2.45) is 0 Å². The first-order valence-electron chi connectivity index (χ1n) is 9.98. The maximum absolute atomic E-state index is 13.0. The van der Waals surface area contributed by atoms with Gasteiger partial charge >= 0.3 is 5.69 Å². The third kappa shape index (κ3) is 2.81. The van der Waals surface area contributed by atoms with Crippen LogP contribution >= 0.6 is 0 Å². The molecule has 3 aromatic heterocycles. The predicted molar refractivity (Wildman–Crippen MR) is 101 cm³/mol. The fourth-order valence-electron chi connectivity index (χ4n) is 4.38. The van der Waals surface area contributed by atoms with Gasteiger partial charge in [-0.2, -0.15) is 0 Å². The Morgan fingerprint density at radius 3 is 2.93 bits per heavy atom. The number of fused-ring (bicyclic) bond motifs is 2. The minimum absolute atomic E-state index is 0.0575. The van der Waals surface area contributed by atoms with Crippen molar-refractivity contribution in [3.05, 3.63) is 46.5 Å². The lowest BCUT2D eigenvalue weighted by molar-refractivity contribution is -0.133. The largest absolute Gasteiger partial charge is 0.350 e. The molecule has 5 rings (SSSR count). The van der Waals surface area contributed by atoms with Gasteiger partial charge in [0, 0.05) is 25.7 Å². The molecule has 1 atom stereocenters. The number of carbonyl (C=O) groups excluding carboxylic acids is 1. The van der Waals surface area contributed by atoms with Gasteiger partial charge in [-0.1, -0.05) is 12.5 Å². The van der Waals surface area contributed by atoms with E-state index in [1.54, 1.807) is 18.3 Å². The fourth-order valence-corrected chi connectivity index (χ4v) is 4.38. The van der Waals surface area contributed by atoms with E-state index in [0.717, 1.165) is 50.3 Å². The van der Waals surface area contributed by atoms with E-state index < -0.39 is 0 Å². The van der Waals surface area contributed by atoms with Crippen molar-refractivity contribution in [3.63, 3.8) is 0 Å². The molecule has 1 fully saturated rings. The van der Waals surface area contributed by atoms with Gasteiger partial charge in [-0.05, 0) is 37.8 Å². The monoisotopic (exact) mass is 381 g/mol. The molecular formula is C19H23N7O2. The van der Waals surface area contributed by atoms with E-state index in [-0.39, 0.29) is 24.2 Å². The third-order valence-electron chi connectivity index (χ3n) is 5.78. The summed E-state index contributed by atoms with van der Waals surface area (Å²) in [5.74, 6) is 1.83. The summed E-state index contributed by atoms with van der Waals surface area (Å²) in [4.78, 5) is 27.4. The summed E-state index contributed by atoms with van der Waals surface area (Å²) < 4.78 is 4.91. The molecule has 2 aliphatic heterocycles. The Morgan fingerprint density at radius 2 is 2.04 bits per heavy atom. The number of hydrogen-bond acceptors (Lipinski definition) is 5. The van der Waals surface area contributed by atoms with Crippen LogP contribution in [0.25, 0.3) is 5.65 Å². The van der Waals surface area contributed by atoms with Crippen LogP contribution in [0.4, 0.5) is 0 Å². The maximum Gasteiger partial charge on any atom is 0.350 e. The average Bonchev–Trinajstić information content (AvgIpc) is 3.36. The Hall–Kier alpha value is -2.97. The zero-order valence-corrected chi connectivity index (χ0v) is 15.7. The molecule has 146 valence electrons. The van der Waals surface area contributed by atoms with Crippen molar-refractivity contribution in [3.8, 4) is 0 Å². The molecule has 9 heteroatoms. The molecule has 9 nitrogen and oxygen atoms in total. The highest BCUT2D eigenvalue weighted by atomic mass is 16.2. The standard InChI is InChI=1S/C19H23N7O2/c27-17(13-26-19(28)25-11-5-3-9-16(25)22-26)23-12-6-7-14(23)18-21-20-15-8-2-1-4-10-24(15)18/h3,5,9,11,14H,1-2,4,6-8,10,12-13H2/t14-/m1/s1. The highest BCUT2D eigenvalue weighted by Gasteiger charge is 2.34. The van der Waals surface area contributed by atoms with Crippen LogP contribution in [0.2, 0.25) is 0 Å². The van der Waals surface area contributed by atoms with Gasteiger partial charge in [0.2, 0.25) is 5.91 Å². The first-order chi connectivity index (χ1) is 13.7. The van der Waals surface area contributed by atoms with Gasteiger partial charge in [0.25, 0.3) is 0 Å². The van der Waals surface area contributed by atoms with Crippen molar-refractivity contribution >= 4 is 11.6 Å². The number of nitrogens with zero attached hydrogens (tertiary/aromatic N) is 7. The Kier molecular flexibility index (Phi) is 4.22. The van der Waals surface area contributed by atoms with E-state index in [9.17, 15) is 9.59 Å². The first-order valence-corrected chi connectivity index (χ1v) is 9.98. The molecule has 3 aromatic rings. The number of aryl methyl sites for hydroxylation is 1. The molecule has 0 radical (unpaired) electrons. The van der Waals surface area contributed by atoms with Crippen LogP contribution in [0.5, 0.6) is 0 Å². The van der Waals surface area contributed by atoms with Gasteiger partial charge in [-0.15, -0.1) is 15.3 Å². The molecule has 1 saturated heterocycles. The lowest BCUT2D eigenvalue weighted by atomic mass is 10.2. The minimum Gasteiger partial charge on any atom is -0.331 e. The van der Waals surface area contributed by atoms with Crippen LogP contribution in [0.15, 0.2) is 29.2 Å². The fraction of sp³-hybridized carbons (Fsp3) is 0.526. The van der Waals surface area contributed by atoms with E-state index in [1.165, 1.54) is 15.5 Å². The topological polar surface area (TPSA) is 90.3 Å². The number of hydrogen-bond donors (Lipinski definition) is 0. The van der Waals surface area contributed by atoms with E-state index in [2.05, 4.69) is 19.9 Å². The van der Waals surface area contributed by atoms with Gasteiger partial charge in [-0.25, -0.2) is 9.48 Å². The van der Waals surface area contributed by atoms with Crippen LogP contribution in [0.1, 0.15) is 49.8 Å². The number of amides is 1. The van der Waals surface area contributed by atoms with Gasteiger partial charge in [0.05, 0.1) is 6.04 Å². The molecule has 0 aromatic carbocycles. The van der Waals surface area contributed by atoms with Crippen LogP contribution < -0.4 is 5.69 Å². The molecule has 0 aliphatic carbocycles. The van der Waals surface area contributed by atoms with E-state index in [4.69, 9.17) is 0 Å². The second-order valence-electron chi connectivity index (χ2n) is 7.55. The molecule has 2 aliphatic rings. The molecule has 5 heterocycles. The lowest BCUT2D eigenvalue weighted by Gasteiger charge is -2.24. The third-order valence-corrected chi connectivity index (χ3v) is 5.78. The van der Waals surface area contributed by atoms with Crippen molar-refractivity contribution < 1.29 is 4.79 Å². The Labute approximate surface area is 161 Å². The molecule has 0 N–H and O–H groups in total. The number of aromatic nitrogens is 6. The summed E-state index contributed by atoms with van der Waals surface area (Å²) in [6, 6.07) is 5.28. The van der Waals surface area contributed by atoms with Crippen LogP contribution in [0.3, 0.4) is 0 Å². The van der Waals surface area contributed by atoms with Gasteiger partial charge in [-0.3, -0.25) is 9.20 Å². The van der Waals surface area contributed by atoms with E-state index in [1.807, 2.05) is 11.0 Å². The predicted octanol–water partition coefficient (Wildman–Crippen LogP) is 1.18. The lowest BCUT2D eigenvalue weighted by Crippen LogP contribution is -2.37. The molecule has 0 saturated carbocycles. The van der Waals surface area contributed by atoms with Crippen molar-refractivity contribution in [2.75, 3.05) is 6.54 Å². The molecule has 0 unspecified atom stereocenters. The van der Waals surface area contributed by atoms with Crippen molar-refractivity contribution in [1.82, 2.24) is 33.8 Å². The molecule has 1 amide bonds. The smallest absolute Gasteiger partial charge is 0.331 e. The summed E-state index contributed by atoms with van der Waals surface area (Å²) >= 11 is 0. The van der Waals surface area contributed by atoms with Gasteiger partial charge < -0.3 is 9.47 Å². The quantitative estimate of drug-likeness (QED) is 0.679. The SMILES string of the molecule is O=C(Cn1nc2ccccn2c1=O)N1CCC[C@@H]1c1nnc2n1CCCCC2. The normalized spacial score (nSPS) is 19.7. The number of likely N-dealkylation sites (tertiary alicyclic amines) is 1. The maximum atomic E-state index is 13.0. The zero-order valence-electron chi connectivity index (χ0n) is 15.7. The Morgan fingerprint density at radius 1 is 1.11 bits per heavy atom. The first kappa shape index (κ1) is 17.2. The molecule has 28 heavy (non-hydrogen) atoms. The summed E-state index contributed by atoms with van der Waals surface area (Å²) in [5.41, 5.74) is 0.247. The number of carbonyl (C=O) groups is 1. The summed E-state index contributed by atoms with van der Waals surface area (Å²) in [7, 11) is 0. The minimum atomic E-state index is -0.295. The summed E-state index contributed by atoms with van der Waals surface area (Å²) in [6.07, 6.45) is 7.88. The van der Waals surface area contributed by atoms with Crippen molar-refractivity contribution in [2.45, 2.75) is 57.7 Å². The second-order valence-corrected chi connectivity index (χ2v) is 7.55. The Bertz CT molecular complexity index is 1080. The number of rotatable bonds is 3. The van der Waals surface area contributed by atoms with Crippen molar-refractivity contribution in [1.29, 1.82) is 0 Å². The Balaban J connectivity index is 1.41. The summed E-state index contributed by atoms with van der Waals surface area (Å²) in [5, 5.41) is 13.1. The van der Waals surface area contributed by atoms with Gasteiger partial charge in [0.1, 0.15) is 12.4 Å². The van der Waals surface area contributed by atoms with Crippen LogP contribution in [0, 0.1) is 0 Å². The average molecular weight is 381 g/mol. The zero-order chi connectivity index (χ0) is 19.1. The highest BCUT2D eigenvalue weighted by Crippen LogP contribution is 2.32. The van der Waals surface area contributed by atoms with Crippen LogP contribution in [-0.2, 0) is 24.3 Å².